The van der Waals surface area contributed by atoms with Crippen LogP contribution in [-0.2, 0) is 16.0 Å². The van der Waals surface area contributed by atoms with Crippen LogP contribution in [0.1, 0.15) is 23.1 Å². The van der Waals surface area contributed by atoms with E-state index in [0.29, 0.717) is 19.8 Å². The van der Waals surface area contributed by atoms with E-state index in [1.807, 2.05) is 6.92 Å². The second kappa shape index (κ2) is 6.27. The number of rotatable bonds is 3. The summed E-state index contributed by atoms with van der Waals surface area (Å²) in [5.41, 5.74) is 1.75. The predicted molar refractivity (Wildman–Crippen MR) is 78.7 cm³/mol. The summed E-state index contributed by atoms with van der Waals surface area (Å²) >= 11 is 0. The van der Waals surface area contributed by atoms with Gasteiger partial charge in [-0.05, 0) is 24.6 Å². The average molecular weight is 303 g/mol. The summed E-state index contributed by atoms with van der Waals surface area (Å²) in [7, 11) is 0. The number of hydrogen-bond donors (Lipinski definition) is 1. The van der Waals surface area contributed by atoms with Gasteiger partial charge in [-0.3, -0.25) is 4.79 Å². The molecule has 3 rings (SSSR count). The third kappa shape index (κ3) is 3.17. The van der Waals surface area contributed by atoms with E-state index < -0.39 is 0 Å². The zero-order chi connectivity index (χ0) is 15.5. The molecule has 0 aliphatic carbocycles. The van der Waals surface area contributed by atoms with Crippen molar-refractivity contribution in [1.82, 2.24) is 14.9 Å². The summed E-state index contributed by atoms with van der Waals surface area (Å²) in [4.78, 5) is 21.8. The first-order valence-corrected chi connectivity index (χ1v) is 7.26. The number of aromatic amines is 1. The van der Waals surface area contributed by atoms with Crippen LogP contribution in [-0.4, -0.2) is 40.5 Å². The van der Waals surface area contributed by atoms with Gasteiger partial charge in [-0.15, -0.1) is 0 Å². The van der Waals surface area contributed by atoms with Crippen LogP contribution in [0.3, 0.4) is 0 Å². The van der Waals surface area contributed by atoms with Crippen LogP contribution in [0, 0.1) is 12.7 Å². The van der Waals surface area contributed by atoms with E-state index in [1.54, 1.807) is 23.2 Å². The quantitative estimate of drug-likeness (QED) is 0.943. The van der Waals surface area contributed by atoms with E-state index in [1.165, 1.54) is 12.1 Å². The minimum Gasteiger partial charge on any atom is -0.377 e. The number of aromatic nitrogens is 2. The third-order valence-corrected chi connectivity index (χ3v) is 3.76. The number of hydrogen-bond acceptors (Lipinski definition) is 3. The minimum atomic E-state index is -0.300. The number of morpholine rings is 1. The van der Waals surface area contributed by atoms with Gasteiger partial charge < -0.3 is 14.6 Å². The summed E-state index contributed by atoms with van der Waals surface area (Å²) in [6, 6.07) is 5.82. The molecule has 0 bridgehead atoms. The molecule has 6 heteroatoms. The van der Waals surface area contributed by atoms with Gasteiger partial charge >= 0.3 is 0 Å². The number of ether oxygens (including phenoxy) is 1. The van der Waals surface area contributed by atoms with Gasteiger partial charge in [0.25, 0.3) is 0 Å². The third-order valence-electron chi connectivity index (χ3n) is 3.76. The molecule has 2 heterocycles. The first-order valence-electron chi connectivity index (χ1n) is 7.26. The van der Waals surface area contributed by atoms with Gasteiger partial charge in [0.15, 0.2) is 0 Å². The minimum absolute atomic E-state index is 0.00559. The lowest BCUT2D eigenvalue weighted by molar-refractivity contribution is -0.139. The Morgan fingerprint density at radius 1 is 1.45 bits per heavy atom. The van der Waals surface area contributed by atoms with E-state index >= 15 is 0 Å². The van der Waals surface area contributed by atoms with Crippen molar-refractivity contribution in [3.63, 3.8) is 0 Å². The van der Waals surface area contributed by atoms with Gasteiger partial charge in [-0.2, -0.15) is 0 Å². The Kier molecular flexibility index (Phi) is 4.20. The van der Waals surface area contributed by atoms with Gasteiger partial charge in [0, 0.05) is 18.4 Å². The number of carbonyl (C=O) groups excluding carboxylic acids is 1. The maximum Gasteiger partial charge on any atom is 0.227 e. The van der Waals surface area contributed by atoms with Crippen molar-refractivity contribution < 1.29 is 13.9 Å². The zero-order valence-corrected chi connectivity index (χ0v) is 12.4. The highest BCUT2D eigenvalue weighted by molar-refractivity contribution is 5.79. The molecule has 1 saturated heterocycles. The van der Waals surface area contributed by atoms with Crippen molar-refractivity contribution in [2.75, 3.05) is 19.8 Å². The molecule has 1 aliphatic rings. The summed E-state index contributed by atoms with van der Waals surface area (Å²) in [5, 5.41) is 0. The van der Waals surface area contributed by atoms with Crippen molar-refractivity contribution in [3.05, 3.63) is 53.4 Å². The number of nitrogens with zero attached hydrogens (tertiary/aromatic N) is 2. The Hall–Kier alpha value is -2.21. The fourth-order valence-corrected chi connectivity index (χ4v) is 2.61. The van der Waals surface area contributed by atoms with Crippen LogP contribution in [0.15, 0.2) is 30.5 Å². The summed E-state index contributed by atoms with van der Waals surface area (Å²) in [6.07, 6.45) is 1.99. The predicted octanol–water partition coefficient (Wildman–Crippen LogP) is 2.00. The molecule has 5 nitrogen and oxygen atoms in total. The summed E-state index contributed by atoms with van der Waals surface area (Å²) in [5.74, 6) is 0.435. The number of halogens is 1. The maximum atomic E-state index is 12.9. The van der Waals surface area contributed by atoms with Crippen molar-refractivity contribution in [2.45, 2.75) is 19.4 Å². The number of nitrogens with one attached hydrogen (secondary N) is 1. The van der Waals surface area contributed by atoms with E-state index in [4.69, 9.17) is 4.74 Å². The molecule has 1 fully saturated rings. The lowest BCUT2D eigenvalue weighted by atomic mass is 10.1. The molecule has 1 aromatic carbocycles. The van der Waals surface area contributed by atoms with E-state index in [0.717, 1.165) is 17.1 Å². The molecule has 0 saturated carbocycles. The molecule has 1 atom stereocenters. The van der Waals surface area contributed by atoms with Crippen molar-refractivity contribution in [2.24, 2.45) is 0 Å². The second-order valence-electron chi connectivity index (χ2n) is 5.43. The van der Waals surface area contributed by atoms with E-state index in [-0.39, 0.29) is 24.2 Å². The highest BCUT2D eigenvalue weighted by Gasteiger charge is 2.30. The van der Waals surface area contributed by atoms with Crippen molar-refractivity contribution >= 4 is 5.91 Å². The largest absolute Gasteiger partial charge is 0.377 e. The van der Waals surface area contributed by atoms with Crippen LogP contribution in [0.4, 0.5) is 4.39 Å². The van der Waals surface area contributed by atoms with Gasteiger partial charge in [0.2, 0.25) is 5.91 Å². The molecule has 1 aromatic heterocycles. The molecule has 1 aliphatic heterocycles. The number of benzene rings is 1. The van der Waals surface area contributed by atoms with Crippen molar-refractivity contribution in [1.29, 1.82) is 0 Å². The Balaban J connectivity index is 1.75. The fraction of sp³-hybridized carbons (Fsp3) is 0.375. The molecule has 1 unspecified atom stereocenters. The molecule has 0 radical (unpaired) electrons. The first kappa shape index (κ1) is 14.7. The van der Waals surface area contributed by atoms with Gasteiger partial charge in [0.05, 0.1) is 19.6 Å². The lowest BCUT2D eigenvalue weighted by Crippen LogP contribution is -2.44. The van der Waals surface area contributed by atoms with Gasteiger partial charge in [-0.25, -0.2) is 9.37 Å². The first-order chi connectivity index (χ1) is 10.6. The number of imidazole rings is 1. The van der Waals surface area contributed by atoms with Gasteiger partial charge in [-0.1, -0.05) is 12.1 Å². The molecule has 116 valence electrons. The maximum absolute atomic E-state index is 12.9. The van der Waals surface area contributed by atoms with Crippen LogP contribution < -0.4 is 0 Å². The number of aryl methyl sites for hydroxylation is 1. The smallest absolute Gasteiger partial charge is 0.227 e. The second-order valence-corrected chi connectivity index (χ2v) is 5.43. The van der Waals surface area contributed by atoms with E-state index in [2.05, 4.69) is 9.97 Å². The van der Waals surface area contributed by atoms with Crippen LogP contribution >= 0.6 is 0 Å². The standard InChI is InChI=1S/C16H18FN3O2/c1-11-9-18-16(19-11)14-10-22-7-6-20(14)15(21)8-12-2-4-13(17)5-3-12/h2-5,9,14H,6-8,10H2,1H3,(H,18,19). The molecule has 1 amide bonds. The number of H-pyrrole nitrogens is 1. The molecule has 0 spiro atoms. The molecular weight excluding hydrogens is 285 g/mol. The van der Waals surface area contributed by atoms with Crippen LogP contribution in [0.5, 0.6) is 0 Å². The Morgan fingerprint density at radius 3 is 2.91 bits per heavy atom. The Bertz CT molecular complexity index is 654. The Labute approximate surface area is 128 Å². The number of amides is 1. The van der Waals surface area contributed by atoms with Gasteiger partial charge in [0.1, 0.15) is 17.7 Å². The van der Waals surface area contributed by atoms with Crippen LogP contribution in [0.25, 0.3) is 0 Å². The lowest BCUT2D eigenvalue weighted by Gasteiger charge is -2.34. The van der Waals surface area contributed by atoms with Crippen molar-refractivity contribution in [3.8, 4) is 0 Å². The van der Waals surface area contributed by atoms with E-state index in [9.17, 15) is 9.18 Å². The molecule has 2 aromatic rings. The Morgan fingerprint density at radius 2 is 2.23 bits per heavy atom. The summed E-state index contributed by atoms with van der Waals surface area (Å²) in [6.45, 7) is 3.41. The summed E-state index contributed by atoms with van der Waals surface area (Å²) < 4.78 is 18.4. The monoisotopic (exact) mass is 303 g/mol. The molecular formula is C16H18FN3O2. The molecule has 1 N–H and O–H groups in total. The SMILES string of the molecule is Cc1cnc(C2COCCN2C(=O)Cc2ccc(F)cc2)[nH]1. The highest BCUT2D eigenvalue weighted by atomic mass is 19.1. The highest BCUT2D eigenvalue weighted by Crippen LogP contribution is 2.23. The normalized spacial score (nSPS) is 18.5. The topological polar surface area (TPSA) is 58.2 Å². The zero-order valence-electron chi connectivity index (χ0n) is 12.4. The molecule has 22 heavy (non-hydrogen) atoms. The van der Waals surface area contributed by atoms with Crippen LogP contribution in [0.2, 0.25) is 0 Å². The fourth-order valence-electron chi connectivity index (χ4n) is 2.61. The average Bonchev–Trinajstić information content (AvgIpc) is 2.96. The number of carbonyl (C=O) groups is 1.